The van der Waals surface area contributed by atoms with E-state index in [1.54, 1.807) is 0 Å². The van der Waals surface area contributed by atoms with Gasteiger partial charge >= 0.3 is 0 Å². The van der Waals surface area contributed by atoms with Crippen LogP contribution in [0.5, 0.6) is 11.5 Å². The van der Waals surface area contributed by atoms with Crippen LogP contribution >= 0.6 is 0 Å². The molecule has 0 heterocycles. The van der Waals surface area contributed by atoms with Crippen LogP contribution < -0.4 is 9.47 Å². The largest absolute Gasteiger partial charge is 0.490 e. The van der Waals surface area contributed by atoms with Gasteiger partial charge in [-0.1, -0.05) is 219 Å². The maximum atomic E-state index is 6.08. The molecule has 0 N–H and O–H groups in total. The zero-order chi connectivity index (χ0) is 31.4. The van der Waals surface area contributed by atoms with Crippen molar-refractivity contribution < 1.29 is 9.47 Å². The molecule has 0 aromatic heterocycles. The maximum Gasteiger partial charge on any atom is 0.169 e. The first-order valence-electron chi connectivity index (χ1n) is 20.1. The van der Waals surface area contributed by atoms with Crippen LogP contribution in [0.15, 0.2) is 18.2 Å². The van der Waals surface area contributed by atoms with E-state index in [1.807, 2.05) is 18.2 Å². The number of hydrogen-bond acceptors (Lipinski definition) is 2. The summed E-state index contributed by atoms with van der Waals surface area (Å²) in [5.41, 5.74) is 0. The summed E-state index contributed by atoms with van der Waals surface area (Å²) in [7, 11) is 0. The standard InChI is InChI=1S/C42H77O2/c1-3-5-7-9-11-13-15-17-19-21-23-25-27-29-31-35-39-43-41-37-33-34-38-42(41)44-40-36-32-30-28-26-24-22-20-18-16-14-12-10-8-6-4-2/h33-34,37H,3-32,35-36,39-40H2,1-2H3. The molecule has 1 aromatic rings. The summed E-state index contributed by atoms with van der Waals surface area (Å²) in [6.07, 6.45) is 44.7. The van der Waals surface area contributed by atoms with Gasteiger partial charge in [-0.3, -0.25) is 0 Å². The zero-order valence-electron chi connectivity index (χ0n) is 30.1. The molecular formula is C42H77O2. The van der Waals surface area contributed by atoms with Gasteiger partial charge in [0.1, 0.15) is 0 Å². The quantitative estimate of drug-likeness (QED) is 0.0701. The Morgan fingerprint density at radius 3 is 1.02 bits per heavy atom. The Morgan fingerprint density at radius 2 is 0.682 bits per heavy atom. The summed E-state index contributed by atoms with van der Waals surface area (Å²) in [5, 5.41) is 0. The van der Waals surface area contributed by atoms with Crippen molar-refractivity contribution in [1.29, 1.82) is 0 Å². The van der Waals surface area contributed by atoms with Crippen molar-refractivity contribution in [1.82, 2.24) is 0 Å². The number of rotatable bonds is 36. The van der Waals surface area contributed by atoms with E-state index in [2.05, 4.69) is 19.9 Å². The van der Waals surface area contributed by atoms with E-state index in [1.165, 1.54) is 193 Å². The molecule has 0 atom stereocenters. The first-order chi connectivity index (χ1) is 21.9. The number of ether oxygens (including phenoxy) is 2. The van der Waals surface area contributed by atoms with Gasteiger partial charge in [0.2, 0.25) is 0 Å². The maximum absolute atomic E-state index is 6.08. The third-order valence-electron chi connectivity index (χ3n) is 9.28. The smallest absolute Gasteiger partial charge is 0.169 e. The number of unbranched alkanes of at least 4 members (excludes halogenated alkanes) is 30. The second-order valence-electron chi connectivity index (χ2n) is 13.7. The highest BCUT2D eigenvalue weighted by atomic mass is 16.5. The lowest BCUT2D eigenvalue weighted by molar-refractivity contribution is 0.258. The average molecular weight is 614 g/mol. The van der Waals surface area contributed by atoms with Crippen molar-refractivity contribution in [2.24, 2.45) is 0 Å². The predicted molar refractivity (Wildman–Crippen MR) is 195 cm³/mol. The minimum absolute atomic E-state index is 0.772. The molecule has 0 saturated carbocycles. The second-order valence-corrected chi connectivity index (χ2v) is 13.7. The van der Waals surface area contributed by atoms with Crippen LogP contribution in [0.1, 0.15) is 219 Å². The van der Waals surface area contributed by atoms with E-state index in [0.717, 1.165) is 37.6 Å². The third-order valence-corrected chi connectivity index (χ3v) is 9.28. The Kier molecular flexibility index (Phi) is 32.2. The average Bonchev–Trinajstić information content (AvgIpc) is 3.04. The van der Waals surface area contributed by atoms with E-state index >= 15 is 0 Å². The van der Waals surface area contributed by atoms with Crippen LogP contribution in [0.4, 0.5) is 0 Å². The van der Waals surface area contributed by atoms with E-state index < -0.39 is 0 Å². The fraction of sp³-hybridized carbons (Fsp3) is 0.857. The van der Waals surface area contributed by atoms with Crippen molar-refractivity contribution in [3.8, 4) is 11.5 Å². The molecule has 0 aliphatic heterocycles. The molecule has 0 aliphatic rings. The van der Waals surface area contributed by atoms with Gasteiger partial charge in [-0.05, 0) is 18.9 Å². The summed E-state index contributed by atoms with van der Waals surface area (Å²) in [6, 6.07) is 9.22. The third kappa shape index (κ3) is 28.3. The molecule has 0 fully saturated rings. The lowest BCUT2D eigenvalue weighted by Crippen LogP contribution is -2.02. The van der Waals surface area contributed by atoms with Gasteiger partial charge in [-0.15, -0.1) is 0 Å². The van der Waals surface area contributed by atoms with Crippen molar-refractivity contribution in [3.63, 3.8) is 0 Å². The highest BCUT2D eigenvalue weighted by molar-refractivity contribution is 5.38. The number of para-hydroxylation sites is 1. The Labute approximate surface area is 277 Å². The lowest BCUT2D eigenvalue weighted by atomic mass is 10.0. The van der Waals surface area contributed by atoms with E-state index in [-0.39, 0.29) is 0 Å². The normalized spacial score (nSPS) is 11.3. The van der Waals surface area contributed by atoms with Gasteiger partial charge in [0, 0.05) is 6.07 Å². The van der Waals surface area contributed by atoms with Gasteiger partial charge in [-0.2, -0.15) is 0 Å². The van der Waals surface area contributed by atoms with Crippen molar-refractivity contribution in [3.05, 3.63) is 24.3 Å². The van der Waals surface area contributed by atoms with Gasteiger partial charge in [-0.25, -0.2) is 0 Å². The molecular weight excluding hydrogens is 536 g/mol. The van der Waals surface area contributed by atoms with E-state index in [4.69, 9.17) is 9.47 Å². The summed E-state index contributed by atoms with van der Waals surface area (Å²) in [5.74, 6) is 1.66. The molecule has 0 amide bonds. The van der Waals surface area contributed by atoms with Gasteiger partial charge in [0.25, 0.3) is 0 Å². The molecule has 1 aromatic carbocycles. The second kappa shape index (κ2) is 34.7. The summed E-state index contributed by atoms with van der Waals surface area (Å²) >= 11 is 0. The van der Waals surface area contributed by atoms with Crippen LogP contribution in [0, 0.1) is 6.07 Å². The molecule has 0 unspecified atom stereocenters. The van der Waals surface area contributed by atoms with Gasteiger partial charge in [0.15, 0.2) is 11.5 Å². The minimum atomic E-state index is 0.772. The van der Waals surface area contributed by atoms with E-state index in [9.17, 15) is 0 Å². The molecule has 44 heavy (non-hydrogen) atoms. The van der Waals surface area contributed by atoms with Crippen LogP contribution in [-0.2, 0) is 0 Å². The van der Waals surface area contributed by atoms with Crippen LogP contribution in [0.25, 0.3) is 0 Å². The molecule has 1 radical (unpaired) electrons. The summed E-state index contributed by atoms with van der Waals surface area (Å²) in [4.78, 5) is 0. The van der Waals surface area contributed by atoms with E-state index in [0.29, 0.717) is 0 Å². The molecule has 0 saturated heterocycles. The summed E-state index contributed by atoms with van der Waals surface area (Å²) < 4.78 is 12.1. The highest BCUT2D eigenvalue weighted by Gasteiger charge is 2.05. The number of hydrogen-bond donors (Lipinski definition) is 0. The molecule has 0 bridgehead atoms. The molecule has 0 aliphatic carbocycles. The first-order valence-corrected chi connectivity index (χ1v) is 20.1. The SMILES string of the molecule is CCCCCCCCCCCCCCCCCCOc1[c]cccc1OCCCCCCCCCCCCCCCCCC. The first kappa shape index (κ1) is 40.8. The Morgan fingerprint density at radius 1 is 0.386 bits per heavy atom. The Balaban J connectivity index is 1.87. The van der Waals surface area contributed by atoms with Gasteiger partial charge in [0.05, 0.1) is 13.2 Å². The Hall–Kier alpha value is -1.18. The Bertz CT molecular complexity index is 614. The summed E-state index contributed by atoms with van der Waals surface area (Å²) in [6.45, 7) is 6.15. The minimum Gasteiger partial charge on any atom is -0.490 e. The number of benzene rings is 1. The zero-order valence-corrected chi connectivity index (χ0v) is 30.1. The topological polar surface area (TPSA) is 18.5 Å². The van der Waals surface area contributed by atoms with Crippen molar-refractivity contribution in [2.45, 2.75) is 219 Å². The predicted octanol–water partition coefficient (Wildman–Crippen LogP) is 14.8. The van der Waals surface area contributed by atoms with Crippen molar-refractivity contribution in [2.75, 3.05) is 13.2 Å². The monoisotopic (exact) mass is 614 g/mol. The fourth-order valence-corrected chi connectivity index (χ4v) is 6.29. The molecule has 2 nitrogen and oxygen atoms in total. The molecule has 0 spiro atoms. The molecule has 1 rings (SSSR count). The lowest BCUT2D eigenvalue weighted by Gasteiger charge is -2.12. The van der Waals surface area contributed by atoms with Gasteiger partial charge < -0.3 is 9.47 Å². The van der Waals surface area contributed by atoms with Crippen LogP contribution in [0.2, 0.25) is 0 Å². The fourth-order valence-electron chi connectivity index (χ4n) is 6.29. The van der Waals surface area contributed by atoms with Crippen LogP contribution in [-0.4, -0.2) is 13.2 Å². The molecule has 257 valence electrons. The van der Waals surface area contributed by atoms with Crippen LogP contribution in [0.3, 0.4) is 0 Å². The molecule has 2 heteroatoms. The highest BCUT2D eigenvalue weighted by Crippen LogP contribution is 2.26. The van der Waals surface area contributed by atoms with Crippen molar-refractivity contribution >= 4 is 0 Å².